The number of ether oxygens (including phenoxy) is 3. The maximum atomic E-state index is 13.0. The summed E-state index contributed by atoms with van der Waals surface area (Å²) in [7, 11) is 2.92. The summed E-state index contributed by atoms with van der Waals surface area (Å²) in [5.41, 5.74) is 0.723. The zero-order chi connectivity index (χ0) is 21.8. The van der Waals surface area contributed by atoms with Crippen molar-refractivity contribution in [3.8, 4) is 11.5 Å². The van der Waals surface area contributed by atoms with E-state index in [0.717, 1.165) is 11.3 Å². The summed E-state index contributed by atoms with van der Waals surface area (Å²) in [4.78, 5) is 29.6. The van der Waals surface area contributed by atoms with Gasteiger partial charge in [0.2, 0.25) is 0 Å². The summed E-state index contributed by atoms with van der Waals surface area (Å²) in [6.45, 7) is 1.76. The number of benzene rings is 2. The maximum Gasteiger partial charge on any atom is 0.326 e. The second-order valence-corrected chi connectivity index (χ2v) is 7.73. The third-order valence-corrected chi connectivity index (χ3v) is 6.00. The Morgan fingerprint density at radius 3 is 2.50 bits per heavy atom. The molecule has 0 atom stereocenters. The highest BCUT2D eigenvalue weighted by Gasteiger charge is 2.19. The highest BCUT2D eigenvalue weighted by Crippen LogP contribution is 2.33. The molecule has 0 radical (unpaired) electrons. The summed E-state index contributed by atoms with van der Waals surface area (Å²) in [6.07, 6.45) is 0. The predicted octanol–water partition coefficient (Wildman–Crippen LogP) is 4.33. The summed E-state index contributed by atoms with van der Waals surface area (Å²) in [6, 6.07) is 8.19. The topological polar surface area (TPSA) is 79.1 Å². The summed E-state index contributed by atoms with van der Waals surface area (Å²) in [5.74, 6) is -0.383. The Morgan fingerprint density at radius 2 is 1.83 bits per heavy atom. The van der Waals surface area contributed by atoms with Gasteiger partial charge in [-0.3, -0.25) is 9.59 Å². The number of rotatable bonds is 6. The van der Waals surface area contributed by atoms with Crippen LogP contribution in [0.4, 0.5) is 0 Å². The summed E-state index contributed by atoms with van der Waals surface area (Å²) < 4.78 is 17.8. The minimum absolute atomic E-state index is 0.171. The number of fused-ring (bicyclic) bond motifs is 1. The molecule has 1 amide bonds. The van der Waals surface area contributed by atoms with Gasteiger partial charge in [-0.1, -0.05) is 40.6 Å². The molecule has 10 heteroatoms. The van der Waals surface area contributed by atoms with E-state index in [1.807, 2.05) is 0 Å². The van der Waals surface area contributed by atoms with Gasteiger partial charge in [0.25, 0.3) is 5.91 Å². The number of nitrogens with zero attached hydrogens (tertiary/aromatic N) is 2. The first kappa shape index (κ1) is 22.1. The highest BCUT2D eigenvalue weighted by atomic mass is 35.5. The zero-order valence-electron chi connectivity index (χ0n) is 16.4. The second-order valence-electron chi connectivity index (χ2n) is 5.94. The third-order valence-electron chi connectivity index (χ3n) is 4.15. The molecule has 30 heavy (non-hydrogen) atoms. The van der Waals surface area contributed by atoms with Crippen LogP contribution < -0.4 is 14.3 Å². The van der Waals surface area contributed by atoms with Gasteiger partial charge < -0.3 is 18.8 Å². The summed E-state index contributed by atoms with van der Waals surface area (Å²) in [5, 5.41) is 0.813. The van der Waals surface area contributed by atoms with Gasteiger partial charge >= 0.3 is 5.97 Å². The number of methoxy groups -OCH3 is 2. The third kappa shape index (κ3) is 4.30. The van der Waals surface area contributed by atoms with E-state index in [9.17, 15) is 9.59 Å². The van der Waals surface area contributed by atoms with Crippen LogP contribution in [0.1, 0.15) is 17.3 Å². The van der Waals surface area contributed by atoms with E-state index in [1.165, 1.54) is 18.8 Å². The fourth-order valence-electron chi connectivity index (χ4n) is 2.88. The monoisotopic (exact) mass is 468 g/mol. The van der Waals surface area contributed by atoms with Gasteiger partial charge in [0.1, 0.15) is 6.54 Å². The molecule has 0 N–H and O–H groups in total. The highest BCUT2D eigenvalue weighted by molar-refractivity contribution is 7.17. The van der Waals surface area contributed by atoms with Crippen LogP contribution in [0, 0.1) is 0 Å². The zero-order valence-corrected chi connectivity index (χ0v) is 18.7. The standard InChI is InChI=1S/C20H18Cl2N2O5S/c1-4-29-15(25)10-24-16-12(21)8-9-13(22)18(16)30-20(24)23-19(26)11-6-5-7-14(27-2)17(11)28-3/h5-9H,4,10H2,1-3H3. The van der Waals surface area contributed by atoms with Crippen molar-refractivity contribution in [3.63, 3.8) is 0 Å². The van der Waals surface area contributed by atoms with E-state index >= 15 is 0 Å². The molecule has 0 fully saturated rings. The number of thiazole rings is 1. The average Bonchev–Trinajstić information content (AvgIpc) is 3.09. The van der Waals surface area contributed by atoms with Crippen molar-refractivity contribution in [1.82, 2.24) is 4.57 Å². The molecule has 1 heterocycles. The van der Waals surface area contributed by atoms with Crippen molar-refractivity contribution in [1.29, 1.82) is 0 Å². The van der Waals surface area contributed by atoms with Gasteiger partial charge in [-0.2, -0.15) is 4.99 Å². The average molecular weight is 469 g/mol. The van der Waals surface area contributed by atoms with Gasteiger partial charge in [0, 0.05) is 0 Å². The molecule has 0 aliphatic carbocycles. The van der Waals surface area contributed by atoms with Gasteiger partial charge in [0.05, 0.1) is 46.7 Å². The Balaban J connectivity index is 2.21. The van der Waals surface area contributed by atoms with Gasteiger partial charge in [-0.25, -0.2) is 0 Å². The number of para-hydroxylation sites is 1. The minimum Gasteiger partial charge on any atom is -0.493 e. The van der Waals surface area contributed by atoms with Gasteiger partial charge in [-0.15, -0.1) is 0 Å². The Morgan fingerprint density at radius 1 is 1.10 bits per heavy atom. The van der Waals surface area contributed by atoms with Crippen LogP contribution in [-0.2, 0) is 16.1 Å². The SMILES string of the molecule is CCOC(=O)Cn1c(=NC(=O)c2cccc(OC)c2OC)sc2c(Cl)ccc(Cl)c21. The van der Waals surface area contributed by atoms with Gasteiger partial charge in [0.15, 0.2) is 16.3 Å². The Hall–Kier alpha value is -2.55. The van der Waals surface area contributed by atoms with E-state index in [0.29, 0.717) is 26.0 Å². The van der Waals surface area contributed by atoms with Gasteiger partial charge in [-0.05, 0) is 31.2 Å². The van der Waals surface area contributed by atoms with E-state index in [1.54, 1.807) is 37.3 Å². The molecule has 0 unspecified atom stereocenters. The molecule has 3 rings (SSSR count). The minimum atomic E-state index is -0.567. The van der Waals surface area contributed by atoms with Crippen LogP contribution >= 0.6 is 34.5 Å². The normalized spacial score (nSPS) is 11.6. The fourth-order valence-corrected chi connectivity index (χ4v) is 4.52. The van der Waals surface area contributed by atoms with Crippen LogP contribution in [0.25, 0.3) is 10.2 Å². The molecule has 158 valence electrons. The number of hydrogen-bond acceptors (Lipinski definition) is 6. The van der Waals surface area contributed by atoms with Crippen LogP contribution in [-0.4, -0.2) is 37.3 Å². The van der Waals surface area contributed by atoms with Crippen molar-refractivity contribution in [2.24, 2.45) is 4.99 Å². The first-order chi connectivity index (χ1) is 14.4. The summed E-state index contributed by atoms with van der Waals surface area (Å²) >= 11 is 13.8. The van der Waals surface area contributed by atoms with E-state index in [2.05, 4.69) is 4.99 Å². The maximum absolute atomic E-state index is 13.0. The Bertz CT molecular complexity index is 1190. The van der Waals surface area contributed by atoms with Crippen molar-refractivity contribution in [3.05, 3.63) is 50.7 Å². The fraction of sp³-hybridized carbons (Fsp3) is 0.250. The smallest absolute Gasteiger partial charge is 0.326 e. The first-order valence-electron chi connectivity index (χ1n) is 8.84. The number of esters is 1. The number of hydrogen-bond donors (Lipinski definition) is 0. The number of aromatic nitrogens is 1. The van der Waals surface area contributed by atoms with Crippen molar-refractivity contribution >= 4 is 56.6 Å². The lowest BCUT2D eigenvalue weighted by atomic mass is 10.2. The molecular weight excluding hydrogens is 451 g/mol. The molecule has 0 aliphatic rings. The van der Waals surface area contributed by atoms with Crippen molar-refractivity contribution in [2.75, 3.05) is 20.8 Å². The number of carbonyl (C=O) groups is 2. The van der Waals surface area contributed by atoms with E-state index in [4.69, 9.17) is 37.4 Å². The van der Waals surface area contributed by atoms with Crippen LogP contribution in [0.5, 0.6) is 11.5 Å². The Kier molecular flexibility index (Phi) is 7.02. The first-order valence-corrected chi connectivity index (χ1v) is 10.4. The number of carbonyl (C=O) groups excluding carboxylic acids is 2. The molecule has 0 spiro atoms. The molecule has 3 aromatic rings. The molecule has 2 aromatic carbocycles. The lowest BCUT2D eigenvalue weighted by Crippen LogP contribution is -2.23. The molecule has 0 aliphatic heterocycles. The quantitative estimate of drug-likeness (QED) is 0.503. The van der Waals surface area contributed by atoms with Crippen LogP contribution in [0.3, 0.4) is 0 Å². The van der Waals surface area contributed by atoms with E-state index < -0.39 is 11.9 Å². The second kappa shape index (κ2) is 9.51. The number of amides is 1. The number of halogens is 2. The molecular formula is C20H18Cl2N2O5S. The lowest BCUT2D eigenvalue weighted by Gasteiger charge is -2.10. The predicted molar refractivity (Wildman–Crippen MR) is 116 cm³/mol. The Labute approximate surface area is 186 Å². The van der Waals surface area contributed by atoms with Crippen LogP contribution in [0.15, 0.2) is 35.3 Å². The molecule has 1 aromatic heterocycles. The molecule has 7 nitrogen and oxygen atoms in total. The molecule has 0 saturated carbocycles. The molecule has 0 bridgehead atoms. The largest absolute Gasteiger partial charge is 0.493 e. The van der Waals surface area contributed by atoms with Crippen molar-refractivity contribution in [2.45, 2.75) is 13.5 Å². The lowest BCUT2D eigenvalue weighted by molar-refractivity contribution is -0.143. The van der Waals surface area contributed by atoms with E-state index in [-0.39, 0.29) is 29.3 Å². The van der Waals surface area contributed by atoms with Crippen LogP contribution in [0.2, 0.25) is 10.0 Å². The molecule has 0 saturated heterocycles. The van der Waals surface area contributed by atoms with Crippen molar-refractivity contribution < 1.29 is 23.8 Å².